The van der Waals surface area contributed by atoms with Crippen LogP contribution in [0.1, 0.15) is 62.3 Å². The van der Waals surface area contributed by atoms with Gasteiger partial charge in [0, 0.05) is 13.2 Å². The Balaban J connectivity index is 0.00000280. The second kappa shape index (κ2) is 12.0. The van der Waals surface area contributed by atoms with Crippen LogP contribution in [0.5, 0.6) is 0 Å². The molecule has 6 heteroatoms. The highest BCUT2D eigenvalue weighted by Crippen LogP contribution is 2.28. The quantitative estimate of drug-likeness (QED) is 0.275. The zero-order valence-corrected chi connectivity index (χ0v) is 19.6. The van der Waals surface area contributed by atoms with Gasteiger partial charge >= 0.3 is 0 Å². The van der Waals surface area contributed by atoms with Crippen LogP contribution in [0.4, 0.5) is 0 Å². The number of fused-ring (bicyclic) bond motifs is 1. The number of nitrogens with one attached hydrogen (secondary N) is 2. The number of nitrogens with zero attached hydrogens (tertiary/aromatic N) is 1. The molecular formula is C22H36IN3O2. The van der Waals surface area contributed by atoms with E-state index in [9.17, 15) is 5.11 Å². The molecule has 0 spiro atoms. The van der Waals surface area contributed by atoms with Gasteiger partial charge in [-0.2, -0.15) is 0 Å². The summed E-state index contributed by atoms with van der Waals surface area (Å²) in [6.45, 7) is 6.48. The van der Waals surface area contributed by atoms with Crippen LogP contribution in [0.15, 0.2) is 23.2 Å². The van der Waals surface area contributed by atoms with Crippen molar-refractivity contribution in [2.45, 2.75) is 64.5 Å². The number of rotatable bonds is 9. The number of halogens is 1. The van der Waals surface area contributed by atoms with Gasteiger partial charge in [-0.05, 0) is 75.0 Å². The number of aliphatic hydroxyl groups excluding tert-OH is 1. The third-order valence-electron chi connectivity index (χ3n) is 5.39. The maximum absolute atomic E-state index is 10.1. The van der Waals surface area contributed by atoms with Crippen molar-refractivity contribution in [2.24, 2.45) is 10.9 Å². The first kappa shape index (κ1) is 23.4. The zero-order chi connectivity index (χ0) is 19.1. The van der Waals surface area contributed by atoms with E-state index in [0.717, 1.165) is 25.0 Å². The average molecular weight is 501 g/mol. The lowest BCUT2D eigenvalue weighted by Crippen LogP contribution is -2.39. The number of aliphatic hydroxyl groups is 1. The van der Waals surface area contributed by atoms with E-state index < -0.39 is 6.10 Å². The number of guanidine groups is 1. The van der Waals surface area contributed by atoms with E-state index in [1.54, 1.807) is 0 Å². The third-order valence-corrected chi connectivity index (χ3v) is 5.39. The molecule has 1 saturated carbocycles. The summed E-state index contributed by atoms with van der Waals surface area (Å²) >= 11 is 0. The highest BCUT2D eigenvalue weighted by Gasteiger charge is 2.21. The Morgan fingerprint density at radius 3 is 2.71 bits per heavy atom. The monoisotopic (exact) mass is 501 g/mol. The van der Waals surface area contributed by atoms with Crippen LogP contribution in [0.3, 0.4) is 0 Å². The standard InChI is InChI=1S/C22H35N3O2.HI/c1-3-23-22(24-13-21(26)15-27-14-17-8-9-17)25-16(2)19-11-10-18-6-4-5-7-20(18)12-19;/h10-12,16-17,21,26H,3-9,13-15H2,1-2H3,(H2,23,24,25);1H. The Kier molecular flexibility index (Phi) is 10.0. The summed E-state index contributed by atoms with van der Waals surface area (Å²) in [7, 11) is 0. The Labute approximate surface area is 186 Å². The molecule has 3 N–H and O–H groups in total. The van der Waals surface area contributed by atoms with Crippen molar-refractivity contribution in [3.63, 3.8) is 0 Å². The molecule has 28 heavy (non-hydrogen) atoms. The fourth-order valence-electron chi connectivity index (χ4n) is 3.54. The fourth-order valence-corrected chi connectivity index (χ4v) is 3.54. The highest BCUT2D eigenvalue weighted by molar-refractivity contribution is 14.0. The lowest BCUT2D eigenvalue weighted by Gasteiger charge is -2.22. The van der Waals surface area contributed by atoms with Crippen LogP contribution in [-0.4, -0.2) is 43.5 Å². The maximum atomic E-state index is 10.1. The molecule has 3 rings (SSSR count). The minimum Gasteiger partial charge on any atom is -0.389 e. The summed E-state index contributed by atoms with van der Waals surface area (Å²) in [4.78, 5) is 4.54. The van der Waals surface area contributed by atoms with E-state index in [2.05, 4.69) is 47.7 Å². The molecule has 0 aliphatic heterocycles. The first-order chi connectivity index (χ1) is 13.2. The summed E-state index contributed by atoms with van der Waals surface area (Å²) in [5.41, 5.74) is 4.29. The SMILES string of the molecule is CCNC(=NCC(O)COCC1CC1)NC(C)c1ccc2c(c1)CCCC2.I. The van der Waals surface area contributed by atoms with Gasteiger partial charge in [-0.15, -0.1) is 24.0 Å². The van der Waals surface area contributed by atoms with Gasteiger partial charge in [0.25, 0.3) is 0 Å². The van der Waals surface area contributed by atoms with Crippen LogP contribution in [0, 0.1) is 5.92 Å². The molecule has 2 aliphatic rings. The fraction of sp³-hybridized carbons (Fsp3) is 0.682. The predicted molar refractivity (Wildman–Crippen MR) is 126 cm³/mol. The molecule has 0 saturated heterocycles. The Bertz CT molecular complexity index is 634. The van der Waals surface area contributed by atoms with Crippen molar-refractivity contribution in [1.29, 1.82) is 0 Å². The first-order valence-electron chi connectivity index (χ1n) is 10.6. The first-order valence-corrected chi connectivity index (χ1v) is 10.6. The smallest absolute Gasteiger partial charge is 0.191 e. The maximum Gasteiger partial charge on any atom is 0.191 e. The molecule has 2 unspecified atom stereocenters. The molecular weight excluding hydrogens is 465 g/mol. The molecule has 1 fully saturated rings. The topological polar surface area (TPSA) is 65.9 Å². The van der Waals surface area contributed by atoms with Crippen LogP contribution in [0.25, 0.3) is 0 Å². The normalized spacial score (nSPS) is 18.6. The number of hydrogen-bond acceptors (Lipinski definition) is 3. The van der Waals surface area contributed by atoms with Crippen molar-refractivity contribution < 1.29 is 9.84 Å². The minimum atomic E-state index is -0.557. The van der Waals surface area contributed by atoms with Crippen LogP contribution in [-0.2, 0) is 17.6 Å². The molecule has 2 atom stereocenters. The van der Waals surface area contributed by atoms with E-state index in [0.29, 0.717) is 13.2 Å². The molecule has 0 radical (unpaired) electrons. The lowest BCUT2D eigenvalue weighted by molar-refractivity contribution is 0.0368. The summed E-state index contributed by atoms with van der Waals surface area (Å²) in [6, 6.07) is 7.02. The van der Waals surface area contributed by atoms with E-state index in [-0.39, 0.29) is 30.0 Å². The summed E-state index contributed by atoms with van der Waals surface area (Å²) in [5, 5.41) is 16.8. The summed E-state index contributed by atoms with van der Waals surface area (Å²) < 4.78 is 5.55. The van der Waals surface area contributed by atoms with Crippen LogP contribution >= 0.6 is 24.0 Å². The van der Waals surface area contributed by atoms with Gasteiger partial charge in [0.15, 0.2) is 5.96 Å². The van der Waals surface area contributed by atoms with Crippen molar-refractivity contribution in [3.05, 3.63) is 34.9 Å². The summed E-state index contributed by atoms with van der Waals surface area (Å²) in [5.74, 6) is 1.46. The van der Waals surface area contributed by atoms with Gasteiger partial charge in [0.05, 0.1) is 25.3 Å². The number of benzene rings is 1. The molecule has 0 bridgehead atoms. The largest absolute Gasteiger partial charge is 0.389 e. The minimum absolute atomic E-state index is 0. The molecule has 1 aromatic rings. The van der Waals surface area contributed by atoms with Gasteiger partial charge < -0.3 is 20.5 Å². The highest BCUT2D eigenvalue weighted by atomic mass is 127. The van der Waals surface area contributed by atoms with E-state index in [1.807, 2.05) is 0 Å². The number of aliphatic imine (C=N–C) groups is 1. The second-order valence-corrected chi connectivity index (χ2v) is 7.96. The molecule has 1 aromatic carbocycles. The number of aryl methyl sites for hydroxylation is 2. The van der Waals surface area contributed by atoms with Crippen LogP contribution in [0.2, 0.25) is 0 Å². The van der Waals surface area contributed by atoms with Gasteiger partial charge in [-0.3, -0.25) is 4.99 Å². The number of hydrogen-bond donors (Lipinski definition) is 3. The molecule has 0 heterocycles. The molecule has 5 nitrogen and oxygen atoms in total. The van der Waals surface area contributed by atoms with Crippen molar-refractivity contribution in [1.82, 2.24) is 10.6 Å². The second-order valence-electron chi connectivity index (χ2n) is 7.96. The molecule has 158 valence electrons. The van der Waals surface area contributed by atoms with E-state index in [4.69, 9.17) is 4.74 Å². The Morgan fingerprint density at radius 2 is 2.00 bits per heavy atom. The predicted octanol–water partition coefficient (Wildman–Crippen LogP) is 3.59. The lowest BCUT2D eigenvalue weighted by atomic mass is 9.89. The van der Waals surface area contributed by atoms with Gasteiger partial charge in [0.2, 0.25) is 0 Å². The Hall–Kier alpha value is -0.860. The zero-order valence-electron chi connectivity index (χ0n) is 17.2. The summed E-state index contributed by atoms with van der Waals surface area (Å²) in [6.07, 6.45) is 6.98. The molecule has 2 aliphatic carbocycles. The molecule has 0 amide bonds. The van der Waals surface area contributed by atoms with Crippen molar-refractivity contribution >= 4 is 29.9 Å². The van der Waals surface area contributed by atoms with Crippen molar-refractivity contribution in [3.8, 4) is 0 Å². The Morgan fingerprint density at radius 1 is 1.25 bits per heavy atom. The third kappa shape index (κ3) is 7.52. The molecule has 0 aromatic heterocycles. The van der Waals surface area contributed by atoms with Crippen molar-refractivity contribution in [2.75, 3.05) is 26.3 Å². The average Bonchev–Trinajstić information content (AvgIpc) is 3.50. The van der Waals surface area contributed by atoms with E-state index >= 15 is 0 Å². The van der Waals surface area contributed by atoms with Gasteiger partial charge in [-0.25, -0.2) is 0 Å². The van der Waals surface area contributed by atoms with Gasteiger partial charge in [0.1, 0.15) is 0 Å². The number of ether oxygens (including phenoxy) is 1. The van der Waals surface area contributed by atoms with E-state index in [1.165, 1.54) is 55.2 Å². The van der Waals surface area contributed by atoms with Gasteiger partial charge in [-0.1, -0.05) is 18.2 Å². The van der Waals surface area contributed by atoms with Crippen LogP contribution < -0.4 is 10.6 Å².